The Morgan fingerprint density at radius 2 is 1.85 bits per heavy atom. The molecule has 2 bridgehead atoms. The Labute approximate surface area is 79.9 Å². The molecule has 2 atom stereocenters. The van der Waals surface area contributed by atoms with Crippen molar-refractivity contribution in [1.29, 1.82) is 0 Å². The van der Waals surface area contributed by atoms with Crippen molar-refractivity contribution in [2.75, 3.05) is 0 Å². The summed E-state index contributed by atoms with van der Waals surface area (Å²) in [5.41, 5.74) is 0.227. The van der Waals surface area contributed by atoms with E-state index in [0.29, 0.717) is 11.7 Å². The fourth-order valence-electron chi connectivity index (χ4n) is 4.03. The minimum atomic E-state index is 0.227. The number of Topliss-reactive ketones (excluding diaryl/α,β-unsaturated/α-hetero) is 1. The molecule has 0 aliphatic heterocycles. The first-order valence-corrected chi connectivity index (χ1v) is 5.87. The molecule has 0 radical (unpaired) electrons. The molecule has 1 nitrogen and oxygen atoms in total. The fourth-order valence-corrected chi connectivity index (χ4v) is 4.03. The average Bonchev–Trinajstić information content (AvgIpc) is 2.76. The van der Waals surface area contributed by atoms with Gasteiger partial charge in [0.1, 0.15) is 5.78 Å². The summed E-state index contributed by atoms with van der Waals surface area (Å²) in [6.07, 6.45) is 10.6. The van der Waals surface area contributed by atoms with Crippen LogP contribution in [0.25, 0.3) is 0 Å². The molecule has 72 valence electrons. The van der Waals surface area contributed by atoms with Crippen LogP contribution >= 0.6 is 0 Å². The van der Waals surface area contributed by atoms with Gasteiger partial charge in [-0.1, -0.05) is 19.3 Å². The van der Waals surface area contributed by atoms with Gasteiger partial charge in [-0.3, -0.25) is 4.79 Å². The third kappa shape index (κ3) is 0.908. The molecule has 0 spiro atoms. The molecule has 4 saturated carbocycles. The van der Waals surface area contributed by atoms with E-state index in [1.807, 2.05) is 0 Å². The monoisotopic (exact) mass is 178 g/mol. The van der Waals surface area contributed by atoms with Crippen LogP contribution in [-0.4, -0.2) is 5.78 Å². The highest BCUT2D eigenvalue weighted by Crippen LogP contribution is 2.62. The summed E-state index contributed by atoms with van der Waals surface area (Å²) in [7, 11) is 0. The molecular formula is C12H18O. The predicted octanol–water partition coefficient (Wildman–Crippen LogP) is 2.94. The number of hydrogen-bond acceptors (Lipinski definition) is 1. The van der Waals surface area contributed by atoms with Crippen LogP contribution in [0.15, 0.2) is 0 Å². The number of carbonyl (C=O) groups excluding carboxylic acids is 1. The third-order valence-electron chi connectivity index (χ3n) is 4.80. The van der Waals surface area contributed by atoms with Crippen LogP contribution in [0.4, 0.5) is 0 Å². The van der Waals surface area contributed by atoms with E-state index in [1.54, 1.807) is 0 Å². The Balaban J connectivity index is 1.80. The zero-order valence-corrected chi connectivity index (χ0v) is 8.22. The van der Waals surface area contributed by atoms with Crippen LogP contribution in [0.1, 0.15) is 51.4 Å². The Kier molecular flexibility index (Phi) is 1.59. The van der Waals surface area contributed by atoms with Crippen LogP contribution in [0.2, 0.25) is 0 Å². The summed E-state index contributed by atoms with van der Waals surface area (Å²) in [4.78, 5) is 11.8. The van der Waals surface area contributed by atoms with E-state index in [-0.39, 0.29) is 5.41 Å². The molecule has 4 rings (SSSR count). The second-order valence-electron chi connectivity index (χ2n) is 5.30. The number of hydrogen-bond donors (Lipinski definition) is 0. The Bertz CT molecular complexity index is 236. The van der Waals surface area contributed by atoms with Crippen molar-refractivity contribution in [2.24, 2.45) is 17.3 Å². The Hall–Kier alpha value is -0.330. The van der Waals surface area contributed by atoms with Gasteiger partial charge in [-0.05, 0) is 38.0 Å². The van der Waals surface area contributed by atoms with E-state index in [2.05, 4.69) is 0 Å². The lowest BCUT2D eigenvalue weighted by Crippen LogP contribution is -2.46. The van der Waals surface area contributed by atoms with Crippen LogP contribution in [0.3, 0.4) is 0 Å². The quantitative estimate of drug-likeness (QED) is 0.603. The summed E-state index contributed by atoms with van der Waals surface area (Å²) >= 11 is 0. The minimum absolute atomic E-state index is 0.227. The van der Waals surface area contributed by atoms with Gasteiger partial charge in [0.2, 0.25) is 0 Å². The van der Waals surface area contributed by atoms with Crippen LogP contribution in [-0.2, 0) is 4.79 Å². The van der Waals surface area contributed by atoms with E-state index in [4.69, 9.17) is 0 Å². The molecule has 0 N–H and O–H groups in total. The van der Waals surface area contributed by atoms with Gasteiger partial charge in [0.15, 0.2) is 0 Å². The van der Waals surface area contributed by atoms with E-state index in [1.165, 1.54) is 51.4 Å². The smallest absolute Gasteiger partial charge is 0.142 e. The first kappa shape index (κ1) is 8.02. The number of fused-ring (bicyclic) bond motifs is 1. The summed E-state index contributed by atoms with van der Waals surface area (Å²) < 4.78 is 0. The molecule has 4 fully saturated rings. The summed E-state index contributed by atoms with van der Waals surface area (Å²) in [5.74, 6) is 1.94. The molecule has 0 aromatic rings. The van der Waals surface area contributed by atoms with E-state index in [9.17, 15) is 4.79 Å². The Morgan fingerprint density at radius 3 is 2.38 bits per heavy atom. The van der Waals surface area contributed by atoms with Crippen molar-refractivity contribution < 1.29 is 4.79 Å². The molecule has 2 unspecified atom stereocenters. The zero-order chi connectivity index (χ0) is 8.89. The van der Waals surface area contributed by atoms with Crippen LogP contribution in [0.5, 0.6) is 0 Å². The lowest BCUT2D eigenvalue weighted by atomic mass is 9.58. The molecular weight excluding hydrogens is 160 g/mol. The van der Waals surface area contributed by atoms with Gasteiger partial charge in [-0.25, -0.2) is 0 Å². The van der Waals surface area contributed by atoms with Crippen molar-refractivity contribution >= 4 is 5.78 Å². The van der Waals surface area contributed by atoms with E-state index < -0.39 is 0 Å². The third-order valence-corrected chi connectivity index (χ3v) is 4.80. The highest BCUT2D eigenvalue weighted by atomic mass is 16.1. The average molecular weight is 178 g/mol. The minimum Gasteiger partial charge on any atom is -0.299 e. The van der Waals surface area contributed by atoms with Gasteiger partial charge in [-0.2, -0.15) is 0 Å². The number of rotatable bonds is 1. The van der Waals surface area contributed by atoms with Gasteiger partial charge in [-0.15, -0.1) is 0 Å². The molecule has 4 aliphatic rings. The normalized spacial score (nSPS) is 44.9. The molecule has 0 aromatic carbocycles. The van der Waals surface area contributed by atoms with Gasteiger partial charge in [0.25, 0.3) is 0 Å². The first-order chi connectivity index (χ1) is 6.33. The molecule has 0 aromatic heterocycles. The maximum absolute atomic E-state index is 11.8. The van der Waals surface area contributed by atoms with Crippen molar-refractivity contribution in [3.8, 4) is 0 Å². The number of ketones is 1. The summed E-state index contributed by atoms with van der Waals surface area (Å²) in [5, 5.41) is 0. The van der Waals surface area contributed by atoms with Gasteiger partial charge in [0, 0.05) is 11.3 Å². The lowest BCUT2D eigenvalue weighted by molar-refractivity contribution is -0.144. The largest absolute Gasteiger partial charge is 0.299 e. The van der Waals surface area contributed by atoms with Crippen molar-refractivity contribution in [3.63, 3.8) is 0 Å². The van der Waals surface area contributed by atoms with Crippen molar-refractivity contribution in [1.82, 2.24) is 0 Å². The predicted molar refractivity (Wildman–Crippen MR) is 51.4 cm³/mol. The SMILES string of the molecule is O=C1C2CCC1(C1CCCCC1)C2. The van der Waals surface area contributed by atoms with E-state index >= 15 is 0 Å². The van der Waals surface area contributed by atoms with Crippen LogP contribution < -0.4 is 0 Å². The molecule has 13 heavy (non-hydrogen) atoms. The second kappa shape index (κ2) is 2.59. The van der Waals surface area contributed by atoms with Gasteiger partial charge >= 0.3 is 0 Å². The molecule has 0 amide bonds. The number of carbonyl (C=O) groups is 1. The maximum Gasteiger partial charge on any atom is 0.142 e. The second-order valence-corrected chi connectivity index (χ2v) is 5.30. The lowest BCUT2D eigenvalue weighted by Gasteiger charge is -2.44. The van der Waals surface area contributed by atoms with Gasteiger partial charge in [0.05, 0.1) is 0 Å². The van der Waals surface area contributed by atoms with Crippen LogP contribution in [0, 0.1) is 17.3 Å². The van der Waals surface area contributed by atoms with Crippen molar-refractivity contribution in [2.45, 2.75) is 51.4 Å². The summed E-state index contributed by atoms with van der Waals surface area (Å²) in [6.45, 7) is 0. The van der Waals surface area contributed by atoms with Crippen molar-refractivity contribution in [3.05, 3.63) is 0 Å². The highest BCUT2D eigenvalue weighted by molar-refractivity contribution is 5.95. The Morgan fingerprint density at radius 1 is 1.08 bits per heavy atom. The zero-order valence-electron chi connectivity index (χ0n) is 8.22. The molecule has 1 heteroatoms. The highest BCUT2D eigenvalue weighted by Gasteiger charge is 2.61. The first-order valence-electron chi connectivity index (χ1n) is 5.87. The van der Waals surface area contributed by atoms with Gasteiger partial charge < -0.3 is 0 Å². The van der Waals surface area contributed by atoms with E-state index in [0.717, 1.165) is 5.92 Å². The topological polar surface area (TPSA) is 17.1 Å². The maximum atomic E-state index is 11.8. The molecule has 0 heterocycles. The fraction of sp³-hybridized carbons (Fsp3) is 0.917. The molecule has 4 aliphatic carbocycles. The molecule has 0 saturated heterocycles. The summed E-state index contributed by atoms with van der Waals surface area (Å²) in [6, 6.07) is 0. The standard InChI is InChI=1S/C12H18O/c13-11-9-6-7-12(11,8-9)10-4-2-1-3-5-10/h9-10H,1-8H2.